The molecule has 0 bridgehead atoms. The van der Waals surface area contributed by atoms with E-state index < -0.39 is 5.54 Å². The minimum atomic E-state index is -0.571. The van der Waals surface area contributed by atoms with Gasteiger partial charge in [0.2, 0.25) is 5.91 Å². The maximum atomic E-state index is 11.7. The summed E-state index contributed by atoms with van der Waals surface area (Å²) >= 11 is 0. The molecule has 124 valence electrons. The topological polar surface area (TPSA) is 58.4 Å². The van der Waals surface area contributed by atoms with Gasteiger partial charge in [-0.1, -0.05) is 12.8 Å². The molecule has 3 N–H and O–H groups in total. The van der Waals surface area contributed by atoms with E-state index in [4.69, 9.17) is 5.73 Å². The van der Waals surface area contributed by atoms with Crippen LogP contribution >= 0.6 is 0 Å². The van der Waals surface area contributed by atoms with E-state index in [0.29, 0.717) is 6.04 Å². The normalized spacial score (nSPS) is 23.8. The number of nitrogens with zero attached hydrogens (tertiary/aromatic N) is 1. The molecule has 1 amide bonds. The van der Waals surface area contributed by atoms with Crippen LogP contribution in [-0.2, 0) is 4.79 Å². The van der Waals surface area contributed by atoms with Crippen molar-refractivity contribution in [2.45, 2.75) is 90.3 Å². The Balaban J connectivity index is 2.35. The lowest BCUT2D eigenvalue weighted by molar-refractivity contribution is -0.124. The highest BCUT2D eigenvalue weighted by Gasteiger charge is 2.30. The third-order valence-corrected chi connectivity index (χ3v) is 4.71. The van der Waals surface area contributed by atoms with E-state index in [-0.39, 0.29) is 11.9 Å². The summed E-state index contributed by atoms with van der Waals surface area (Å²) in [4.78, 5) is 14.3. The van der Waals surface area contributed by atoms with Crippen molar-refractivity contribution < 1.29 is 4.79 Å². The van der Waals surface area contributed by atoms with Gasteiger partial charge >= 0.3 is 0 Å². The molecule has 2 atom stereocenters. The highest BCUT2D eigenvalue weighted by molar-refractivity contribution is 5.84. The molecule has 4 nitrogen and oxygen atoms in total. The SMILES string of the molecule is CC(C)NC(C)(CCCCN1CCCCCC1C)C(N)=O. The molecule has 1 saturated heterocycles. The Morgan fingerprint density at radius 1 is 1.33 bits per heavy atom. The second-order valence-electron chi connectivity index (χ2n) is 7.19. The lowest BCUT2D eigenvalue weighted by Gasteiger charge is -2.31. The van der Waals surface area contributed by atoms with Crippen LogP contribution < -0.4 is 11.1 Å². The summed E-state index contributed by atoms with van der Waals surface area (Å²) in [5.74, 6) is -0.237. The van der Waals surface area contributed by atoms with E-state index in [0.717, 1.165) is 25.8 Å². The number of primary amides is 1. The van der Waals surface area contributed by atoms with Gasteiger partial charge in [-0.25, -0.2) is 0 Å². The first-order chi connectivity index (χ1) is 9.85. The Kier molecular flexibility index (Phi) is 7.67. The van der Waals surface area contributed by atoms with Gasteiger partial charge in [0.1, 0.15) is 0 Å². The first kappa shape index (κ1) is 18.4. The van der Waals surface area contributed by atoms with Gasteiger partial charge in [0, 0.05) is 12.1 Å². The van der Waals surface area contributed by atoms with E-state index in [9.17, 15) is 4.79 Å². The summed E-state index contributed by atoms with van der Waals surface area (Å²) in [6.45, 7) is 10.8. The van der Waals surface area contributed by atoms with Gasteiger partial charge in [0.25, 0.3) is 0 Å². The van der Waals surface area contributed by atoms with Gasteiger partial charge < -0.3 is 16.0 Å². The zero-order valence-electron chi connectivity index (χ0n) is 14.5. The van der Waals surface area contributed by atoms with Crippen molar-refractivity contribution in [1.82, 2.24) is 10.2 Å². The van der Waals surface area contributed by atoms with Crippen LogP contribution in [0.2, 0.25) is 0 Å². The third-order valence-electron chi connectivity index (χ3n) is 4.71. The molecule has 2 unspecified atom stereocenters. The van der Waals surface area contributed by atoms with Crippen LogP contribution in [0.15, 0.2) is 0 Å². The van der Waals surface area contributed by atoms with E-state index in [1.54, 1.807) is 0 Å². The molecule has 0 aromatic carbocycles. The first-order valence-electron chi connectivity index (χ1n) is 8.67. The van der Waals surface area contributed by atoms with Crippen LogP contribution in [0.1, 0.15) is 72.6 Å². The highest BCUT2D eigenvalue weighted by atomic mass is 16.1. The molecule has 0 aliphatic carbocycles. The van der Waals surface area contributed by atoms with E-state index in [2.05, 4.69) is 31.0 Å². The van der Waals surface area contributed by atoms with Crippen LogP contribution in [0, 0.1) is 0 Å². The second-order valence-corrected chi connectivity index (χ2v) is 7.19. The molecule has 4 heteroatoms. The largest absolute Gasteiger partial charge is 0.368 e. The molecule has 1 fully saturated rings. The van der Waals surface area contributed by atoms with Crippen LogP contribution in [0.4, 0.5) is 0 Å². The molecule has 0 radical (unpaired) electrons. The Morgan fingerprint density at radius 3 is 2.67 bits per heavy atom. The van der Waals surface area contributed by atoms with E-state index >= 15 is 0 Å². The predicted octanol–water partition coefficient (Wildman–Crippen LogP) is 2.66. The van der Waals surface area contributed by atoms with Crippen molar-refractivity contribution in [2.75, 3.05) is 13.1 Å². The van der Waals surface area contributed by atoms with Gasteiger partial charge in [-0.2, -0.15) is 0 Å². The average molecular weight is 297 g/mol. The highest BCUT2D eigenvalue weighted by Crippen LogP contribution is 2.19. The monoisotopic (exact) mass is 297 g/mol. The fourth-order valence-electron chi connectivity index (χ4n) is 3.36. The summed E-state index contributed by atoms with van der Waals surface area (Å²) < 4.78 is 0. The molecule has 0 aromatic rings. The zero-order chi connectivity index (χ0) is 15.9. The van der Waals surface area contributed by atoms with Gasteiger partial charge in [0.15, 0.2) is 0 Å². The van der Waals surface area contributed by atoms with Crippen molar-refractivity contribution >= 4 is 5.91 Å². The summed E-state index contributed by atoms with van der Waals surface area (Å²) in [7, 11) is 0. The molecule has 21 heavy (non-hydrogen) atoms. The average Bonchev–Trinajstić information content (AvgIpc) is 2.59. The van der Waals surface area contributed by atoms with Crippen molar-refractivity contribution in [3.63, 3.8) is 0 Å². The minimum absolute atomic E-state index is 0.237. The summed E-state index contributed by atoms with van der Waals surface area (Å²) in [6, 6.07) is 0.983. The number of hydrogen-bond donors (Lipinski definition) is 2. The number of hydrogen-bond acceptors (Lipinski definition) is 3. The van der Waals surface area contributed by atoms with Crippen molar-refractivity contribution in [2.24, 2.45) is 5.73 Å². The third kappa shape index (κ3) is 6.35. The Morgan fingerprint density at radius 2 is 2.05 bits per heavy atom. The van der Waals surface area contributed by atoms with E-state index in [1.165, 1.54) is 32.2 Å². The number of amides is 1. The van der Waals surface area contributed by atoms with Crippen LogP contribution in [0.3, 0.4) is 0 Å². The molecule has 0 saturated carbocycles. The molecule has 0 aromatic heterocycles. The lowest BCUT2D eigenvalue weighted by Crippen LogP contribution is -2.55. The van der Waals surface area contributed by atoms with Gasteiger partial charge in [-0.05, 0) is 72.9 Å². The molecule has 1 aliphatic heterocycles. The number of nitrogens with two attached hydrogens (primary N) is 1. The molecular formula is C17H35N3O. The number of nitrogens with one attached hydrogen (secondary N) is 1. The standard InChI is InChI=1S/C17H35N3O/c1-14(2)19-17(4,16(18)21)11-7-9-13-20-12-8-5-6-10-15(20)3/h14-15,19H,5-13H2,1-4H3,(H2,18,21). The summed E-state index contributed by atoms with van der Waals surface area (Å²) in [5, 5.41) is 3.32. The number of carbonyl (C=O) groups excluding carboxylic acids is 1. The van der Waals surface area contributed by atoms with Crippen LogP contribution in [-0.4, -0.2) is 41.5 Å². The van der Waals surface area contributed by atoms with Crippen LogP contribution in [0.25, 0.3) is 0 Å². The number of rotatable bonds is 8. The Hall–Kier alpha value is -0.610. The van der Waals surface area contributed by atoms with Crippen molar-refractivity contribution in [3.8, 4) is 0 Å². The van der Waals surface area contributed by atoms with Crippen molar-refractivity contribution in [3.05, 3.63) is 0 Å². The van der Waals surface area contributed by atoms with Crippen molar-refractivity contribution in [1.29, 1.82) is 0 Å². The first-order valence-corrected chi connectivity index (χ1v) is 8.67. The number of carbonyl (C=O) groups is 1. The molecule has 1 heterocycles. The predicted molar refractivity (Wildman–Crippen MR) is 89.2 cm³/mol. The molecule has 0 spiro atoms. The lowest BCUT2D eigenvalue weighted by atomic mass is 9.93. The number of unbranched alkanes of at least 4 members (excludes halogenated alkanes) is 1. The van der Waals surface area contributed by atoms with E-state index in [1.807, 2.05) is 6.92 Å². The second kappa shape index (κ2) is 8.74. The maximum absolute atomic E-state index is 11.7. The summed E-state index contributed by atoms with van der Waals surface area (Å²) in [6.07, 6.45) is 8.42. The summed E-state index contributed by atoms with van der Waals surface area (Å²) in [5.41, 5.74) is 5.00. The molecule has 1 aliphatic rings. The maximum Gasteiger partial charge on any atom is 0.237 e. The van der Waals surface area contributed by atoms with Crippen LogP contribution in [0.5, 0.6) is 0 Å². The molecule has 1 rings (SSSR count). The Labute approximate surface area is 130 Å². The fourth-order valence-corrected chi connectivity index (χ4v) is 3.36. The number of likely N-dealkylation sites (tertiary alicyclic amines) is 1. The fraction of sp³-hybridized carbons (Fsp3) is 0.941. The minimum Gasteiger partial charge on any atom is -0.368 e. The Bertz CT molecular complexity index is 319. The van der Waals surface area contributed by atoms with Gasteiger partial charge in [-0.15, -0.1) is 0 Å². The van der Waals surface area contributed by atoms with Gasteiger partial charge in [-0.3, -0.25) is 4.79 Å². The van der Waals surface area contributed by atoms with Gasteiger partial charge in [0.05, 0.1) is 5.54 Å². The molecular weight excluding hydrogens is 262 g/mol. The zero-order valence-corrected chi connectivity index (χ0v) is 14.5. The smallest absolute Gasteiger partial charge is 0.237 e. The quantitative estimate of drug-likeness (QED) is 0.677.